The molecule has 1 saturated heterocycles. The summed E-state index contributed by atoms with van der Waals surface area (Å²) in [6.07, 6.45) is 1.09. The van der Waals surface area contributed by atoms with Gasteiger partial charge in [-0.1, -0.05) is 0 Å². The third-order valence-corrected chi connectivity index (χ3v) is 4.45. The summed E-state index contributed by atoms with van der Waals surface area (Å²) in [6, 6.07) is -1.34. The topological polar surface area (TPSA) is 95.9 Å². The van der Waals surface area contributed by atoms with Crippen LogP contribution in [0.3, 0.4) is 0 Å². The molecule has 0 aromatic rings. The van der Waals surface area contributed by atoms with Crippen LogP contribution in [0.25, 0.3) is 0 Å². The summed E-state index contributed by atoms with van der Waals surface area (Å²) in [5.41, 5.74) is 0. The van der Waals surface area contributed by atoms with Gasteiger partial charge in [-0.05, 0) is 26.7 Å². The van der Waals surface area contributed by atoms with Gasteiger partial charge in [0, 0.05) is 12.6 Å². The Morgan fingerprint density at radius 1 is 1.61 bits per heavy atom. The molecule has 18 heavy (non-hydrogen) atoms. The van der Waals surface area contributed by atoms with E-state index < -0.39 is 28.3 Å². The van der Waals surface area contributed by atoms with Crippen LogP contribution in [0, 0.1) is 0 Å². The molecule has 2 unspecified atom stereocenters. The summed E-state index contributed by atoms with van der Waals surface area (Å²) >= 11 is 0. The van der Waals surface area contributed by atoms with Crippen LogP contribution >= 0.6 is 0 Å². The van der Waals surface area contributed by atoms with E-state index in [9.17, 15) is 13.2 Å². The van der Waals surface area contributed by atoms with Crippen LogP contribution in [0.2, 0.25) is 0 Å². The van der Waals surface area contributed by atoms with E-state index in [0.29, 0.717) is 12.8 Å². The Hall–Kier alpha value is -0.700. The second-order valence-corrected chi connectivity index (χ2v) is 5.88. The normalized spacial score (nSPS) is 22.9. The van der Waals surface area contributed by atoms with E-state index in [2.05, 4.69) is 4.72 Å². The lowest BCUT2D eigenvalue weighted by atomic mass is 10.2. The van der Waals surface area contributed by atoms with Gasteiger partial charge in [-0.2, -0.15) is 17.4 Å². The molecule has 8 heteroatoms. The zero-order valence-corrected chi connectivity index (χ0v) is 11.4. The fourth-order valence-corrected chi connectivity index (χ4v) is 3.48. The molecule has 0 aromatic heterocycles. The molecule has 1 fully saturated rings. The van der Waals surface area contributed by atoms with Gasteiger partial charge in [0.2, 0.25) is 0 Å². The highest BCUT2D eigenvalue weighted by Gasteiger charge is 2.39. The minimum Gasteiger partial charge on any atom is -0.465 e. The zero-order chi connectivity index (χ0) is 13.8. The maximum atomic E-state index is 12.0. The number of esters is 1. The van der Waals surface area contributed by atoms with E-state index in [4.69, 9.17) is 9.84 Å². The van der Waals surface area contributed by atoms with Crippen molar-refractivity contribution in [3.8, 4) is 0 Å². The van der Waals surface area contributed by atoms with E-state index >= 15 is 0 Å². The van der Waals surface area contributed by atoms with E-state index in [-0.39, 0.29) is 19.8 Å². The molecule has 2 atom stereocenters. The molecule has 1 aliphatic rings. The molecule has 0 bridgehead atoms. The molecule has 0 aromatic carbocycles. The van der Waals surface area contributed by atoms with Crippen molar-refractivity contribution >= 4 is 16.2 Å². The number of carbonyl (C=O) groups is 1. The summed E-state index contributed by atoms with van der Waals surface area (Å²) in [4.78, 5) is 11.7. The predicted molar refractivity (Wildman–Crippen MR) is 65.0 cm³/mol. The lowest BCUT2D eigenvalue weighted by molar-refractivity contribution is -0.146. The lowest BCUT2D eigenvalue weighted by Gasteiger charge is -2.24. The fourth-order valence-electron chi connectivity index (χ4n) is 1.86. The lowest BCUT2D eigenvalue weighted by Crippen LogP contribution is -2.49. The monoisotopic (exact) mass is 280 g/mol. The standard InChI is InChI=1S/C10H20N2O5S/c1-3-17-10(14)9-5-4-6-12(9)18(15,16)11-8(2)7-13/h8-9,11,13H,3-7H2,1-2H3. The van der Waals surface area contributed by atoms with Crippen molar-refractivity contribution < 1.29 is 23.1 Å². The van der Waals surface area contributed by atoms with Crippen molar-refractivity contribution in [3.05, 3.63) is 0 Å². The van der Waals surface area contributed by atoms with Crippen molar-refractivity contribution in [2.75, 3.05) is 19.8 Å². The molecule has 0 spiro atoms. The van der Waals surface area contributed by atoms with Crippen LogP contribution in [-0.2, 0) is 19.7 Å². The molecule has 1 heterocycles. The van der Waals surface area contributed by atoms with Crippen molar-refractivity contribution in [1.29, 1.82) is 0 Å². The Kier molecular flexibility index (Phi) is 5.51. The van der Waals surface area contributed by atoms with Crippen LogP contribution in [0.5, 0.6) is 0 Å². The highest BCUT2D eigenvalue weighted by atomic mass is 32.2. The van der Waals surface area contributed by atoms with Crippen LogP contribution in [0.4, 0.5) is 0 Å². The zero-order valence-electron chi connectivity index (χ0n) is 10.6. The Balaban J connectivity index is 2.77. The maximum Gasteiger partial charge on any atom is 0.324 e. The second-order valence-electron chi connectivity index (χ2n) is 4.23. The summed E-state index contributed by atoms with van der Waals surface area (Å²) in [7, 11) is -3.76. The summed E-state index contributed by atoms with van der Waals surface area (Å²) in [5, 5.41) is 8.86. The summed E-state index contributed by atoms with van der Waals surface area (Å²) < 4.78 is 32.3. The van der Waals surface area contributed by atoms with Crippen LogP contribution in [0.15, 0.2) is 0 Å². The molecule has 0 amide bonds. The van der Waals surface area contributed by atoms with Crippen LogP contribution in [-0.4, -0.2) is 55.6 Å². The number of aliphatic hydroxyl groups is 1. The van der Waals surface area contributed by atoms with Crippen LogP contribution < -0.4 is 4.72 Å². The van der Waals surface area contributed by atoms with Gasteiger partial charge in [0.05, 0.1) is 13.2 Å². The Labute approximate surface area is 107 Å². The number of aliphatic hydroxyl groups excluding tert-OH is 1. The summed E-state index contributed by atoms with van der Waals surface area (Å²) in [6.45, 7) is 3.45. The van der Waals surface area contributed by atoms with E-state index in [1.807, 2.05) is 0 Å². The molecule has 0 radical (unpaired) electrons. The average Bonchev–Trinajstić information content (AvgIpc) is 2.78. The van der Waals surface area contributed by atoms with Gasteiger partial charge in [-0.3, -0.25) is 4.79 Å². The largest absolute Gasteiger partial charge is 0.465 e. The minimum atomic E-state index is -3.76. The molecule has 1 aliphatic heterocycles. The number of nitrogens with zero attached hydrogens (tertiary/aromatic N) is 1. The second kappa shape index (κ2) is 6.46. The third-order valence-electron chi connectivity index (χ3n) is 2.70. The number of carbonyl (C=O) groups excluding carboxylic acids is 1. The fraction of sp³-hybridized carbons (Fsp3) is 0.900. The van der Waals surface area contributed by atoms with Gasteiger partial charge in [0.25, 0.3) is 10.2 Å². The number of rotatable bonds is 6. The molecular formula is C10H20N2O5S. The van der Waals surface area contributed by atoms with E-state index in [1.54, 1.807) is 13.8 Å². The SMILES string of the molecule is CCOC(=O)C1CCCN1S(=O)(=O)NC(C)CO. The summed E-state index contributed by atoms with van der Waals surface area (Å²) in [5.74, 6) is -0.517. The Bertz CT molecular complexity index is 384. The van der Waals surface area contributed by atoms with Crippen LogP contribution in [0.1, 0.15) is 26.7 Å². The quantitative estimate of drug-likeness (QED) is 0.623. The number of ether oxygens (including phenoxy) is 1. The highest BCUT2D eigenvalue weighted by molar-refractivity contribution is 7.87. The molecule has 7 nitrogen and oxygen atoms in total. The van der Waals surface area contributed by atoms with Gasteiger partial charge in [-0.15, -0.1) is 0 Å². The number of hydrogen-bond donors (Lipinski definition) is 2. The first-order valence-electron chi connectivity index (χ1n) is 5.99. The minimum absolute atomic E-state index is 0.226. The van der Waals surface area contributed by atoms with Gasteiger partial charge >= 0.3 is 5.97 Å². The third kappa shape index (κ3) is 3.64. The molecule has 0 aliphatic carbocycles. The Morgan fingerprint density at radius 2 is 2.28 bits per heavy atom. The van der Waals surface area contributed by atoms with Crippen molar-refractivity contribution in [1.82, 2.24) is 9.03 Å². The molecular weight excluding hydrogens is 260 g/mol. The first kappa shape index (κ1) is 15.4. The van der Waals surface area contributed by atoms with E-state index in [1.165, 1.54) is 0 Å². The van der Waals surface area contributed by atoms with E-state index in [0.717, 1.165) is 4.31 Å². The van der Waals surface area contributed by atoms with Gasteiger partial charge in [0.1, 0.15) is 6.04 Å². The van der Waals surface area contributed by atoms with Gasteiger partial charge in [-0.25, -0.2) is 0 Å². The maximum absolute atomic E-state index is 12.0. The van der Waals surface area contributed by atoms with Crippen molar-refractivity contribution in [2.24, 2.45) is 0 Å². The molecule has 2 N–H and O–H groups in total. The highest BCUT2D eigenvalue weighted by Crippen LogP contribution is 2.21. The van der Waals surface area contributed by atoms with Crippen molar-refractivity contribution in [2.45, 2.75) is 38.8 Å². The molecule has 106 valence electrons. The first-order valence-corrected chi connectivity index (χ1v) is 7.43. The number of nitrogens with one attached hydrogen (secondary N) is 1. The molecule has 0 saturated carbocycles. The average molecular weight is 280 g/mol. The number of hydrogen-bond acceptors (Lipinski definition) is 5. The smallest absolute Gasteiger partial charge is 0.324 e. The predicted octanol–water partition coefficient (Wildman–Crippen LogP) is -0.771. The Morgan fingerprint density at radius 3 is 2.83 bits per heavy atom. The molecule has 1 rings (SSSR count). The van der Waals surface area contributed by atoms with Crippen molar-refractivity contribution in [3.63, 3.8) is 0 Å². The van der Waals surface area contributed by atoms with Gasteiger partial charge < -0.3 is 9.84 Å². The van der Waals surface area contributed by atoms with Gasteiger partial charge in [0.15, 0.2) is 0 Å². The first-order chi connectivity index (χ1) is 8.42.